The zero-order chi connectivity index (χ0) is 19.0. The number of hydrogen-bond acceptors (Lipinski definition) is 5. The zero-order valence-corrected chi connectivity index (χ0v) is 15.4. The van der Waals surface area contributed by atoms with Gasteiger partial charge in [-0.1, -0.05) is 29.4 Å². The lowest BCUT2D eigenvalue weighted by Crippen LogP contribution is -2.29. The Hall–Kier alpha value is -3.13. The molecule has 1 N–H and O–H groups in total. The molecule has 1 aromatic heterocycles. The predicted molar refractivity (Wildman–Crippen MR) is 100 cm³/mol. The van der Waals surface area contributed by atoms with E-state index in [9.17, 15) is 13.2 Å². The van der Waals surface area contributed by atoms with Crippen LogP contribution in [-0.2, 0) is 16.4 Å². The van der Waals surface area contributed by atoms with Gasteiger partial charge >= 0.3 is 0 Å². The first-order chi connectivity index (χ1) is 12.9. The molecular formula is C19H17N3O4S. The molecule has 3 aromatic rings. The fourth-order valence-corrected chi connectivity index (χ4v) is 4.65. The molecule has 4 rings (SSSR count). The number of amides is 1. The van der Waals surface area contributed by atoms with Gasteiger partial charge in [0.25, 0.3) is 15.9 Å². The lowest BCUT2D eigenvalue weighted by molar-refractivity contribution is 0.102. The number of rotatable bonds is 4. The number of aryl methyl sites for hydroxylation is 1. The van der Waals surface area contributed by atoms with Crippen molar-refractivity contribution in [2.75, 3.05) is 16.2 Å². The maximum atomic E-state index is 13.1. The lowest BCUT2D eigenvalue weighted by Gasteiger charge is -2.19. The summed E-state index contributed by atoms with van der Waals surface area (Å²) in [7, 11) is -3.76. The molecule has 2 aromatic carbocycles. The smallest absolute Gasteiger partial charge is 0.264 e. The second-order valence-corrected chi connectivity index (χ2v) is 8.12. The predicted octanol–water partition coefficient (Wildman–Crippen LogP) is 2.99. The third-order valence-corrected chi connectivity index (χ3v) is 6.21. The summed E-state index contributed by atoms with van der Waals surface area (Å²) in [6.45, 7) is 2.10. The van der Waals surface area contributed by atoms with Crippen LogP contribution in [0.2, 0.25) is 0 Å². The van der Waals surface area contributed by atoms with E-state index in [2.05, 4.69) is 10.5 Å². The topological polar surface area (TPSA) is 92.5 Å². The van der Waals surface area contributed by atoms with E-state index in [1.807, 2.05) is 18.2 Å². The highest BCUT2D eigenvalue weighted by Crippen LogP contribution is 2.32. The van der Waals surface area contributed by atoms with Crippen LogP contribution in [0.4, 0.5) is 11.5 Å². The van der Waals surface area contributed by atoms with E-state index in [0.29, 0.717) is 24.4 Å². The third-order valence-electron chi connectivity index (χ3n) is 4.40. The standard InChI is InChI=1S/C19H17N3O4S/c1-13-11-18(21-26-13)20-19(23)15-6-4-7-16(12-15)27(24,25)22-10-9-14-5-2-3-8-17(14)22/h2-8,11-12H,9-10H2,1H3,(H,20,21,23). The van der Waals surface area contributed by atoms with Gasteiger partial charge in [0, 0.05) is 18.2 Å². The molecule has 1 aliphatic heterocycles. The molecule has 2 heterocycles. The molecule has 0 bridgehead atoms. The van der Waals surface area contributed by atoms with Gasteiger partial charge in [0.2, 0.25) is 0 Å². The molecule has 1 aliphatic rings. The highest BCUT2D eigenvalue weighted by atomic mass is 32.2. The molecule has 0 spiro atoms. The highest BCUT2D eigenvalue weighted by molar-refractivity contribution is 7.92. The van der Waals surface area contributed by atoms with Crippen molar-refractivity contribution in [1.82, 2.24) is 5.16 Å². The summed E-state index contributed by atoms with van der Waals surface area (Å²) in [6, 6.07) is 15.0. The maximum Gasteiger partial charge on any atom is 0.264 e. The maximum absolute atomic E-state index is 13.1. The summed E-state index contributed by atoms with van der Waals surface area (Å²) >= 11 is 0. The third kappa shape index (κ3) is 3.19. The first-order valence-electron chi connectivity index (χ1n) is 8.40. The number of nitrogens with one attached hydrogen (secondary N) is 1. The molecule has 1 amide bonds. The average molecular weight is 383 g/mol. The van der Waals surface area contributed by atoms with Crippen molar-refractivity contribution in [1.29, 1.82) is 0 Å². The largest absolute Gasteiger partial charge is 0.360 e. The molecule has 0 aliphatic carbocycles. The van der Waals surface area contributed by atoms with Crippen molar-refractivity contribution in [2.45, 2.75) is 18.2 Å². The fourth-order valence-electron chi connectivity index (χ4n) is 3.10. The quantitative estimate of drug-likeness (QED) is 0.748. The number of sulfonamides is 1. The minimum absolute atomic E-state index is 0.0724. The monoisotopic (exact) mass is 383 g/mol. The Bertz CT molecular complexity index is 1120. The number of carbonyl (C=O) groups excluding carboxylic acids is 1. The van der Waals surface area contributed by atoms with Crippen molar-refractivity contribution in [3.8, 4) is 0 Å². The van der Waals surface area contributed by atoms with E-state index in [1.54, 1.807) is 31.2 Å². The van der Waals surface area contributed by atoms with Crippen LogP contribution in [0.25, 0.3) is 0 Å². The molecule has 7 nitrogen and oxygen atoms in total. The number of hydrogen-bond donors (Lipinski definition) is 1. The number of nitrogens with zero attached hydrogens (tertiary/aromatic N) is 2. The van der Waals surface area contributed by atoms with Crippen LogP contribution < -0.4 is 9.62 Å². The molecule has 138 valence electrons. The second kappa shape index (κ2) is 6.55. The minimum Gasteiger partial charge on any atom is -0.360 e. The number of benzene rings is 2. The Balaban J connectivity index is 1.63. The van der Waals surface area contributed by atoms with Gasteiger partial charge in [-0.2, -0.15) is 0 Å². The van der Waals surface area contributed by atoms with Gasteiger partial charge < -0.3 is 9.84 Å². The Labute approximate surface area is 156 Å². The molecule has 0 atom stereocenters. The summed E-state index contributed by atoms with van der Waals surface area (Å²) in [5, 5.41) is 6.30. The van der Waals surface area contributed by atoms with Gasteiger partial charge in [0.1, 0.15) is 5.76 Å². The molecule has 8 heteroatoms. The number of para-hydroxylation sites is 1. The molecular weight excluding hydrogens is 366 g/mol. The summed E-state index contributed by atoms with van der Waals surface area (Å²) in [6.07, 6.45) is 0.668. The molecule has 0 saturated carbocycles. The van der Waals surface area contributed by atoms with Gasteiger partial charge in [-0.05, 0) is 43.2 Å². The van der Waals surface area contributed by atoms with Gasteiger partial charge in [0.15, 0.2) is 5.82 Å². The van der Waals surface area contributed by atoms with Crippen LogP contribution in [-0.4, -0.2) is 26.0 Å². The summed E-state index contributed by atoms with van der Waals surface area (Å²) in [4.78, 5) is 12.5. The minimum atomic E-state index is -3.76. The van der Waals surface area contributed by atoms with Crippen molar-refractivity contribution < 1.29 is 17.7 Å². The van der Waals surface area contributed by atoms with Crippen molar-refractivity contribution >= 4 is 27.4 Å². The molecule has 27 heavy (non-hydrogen) atoms. The van der Waals surface area contributed by atoms with E-state index in [0.717, 1.165) is 5.56 Å². The average Bonchev–Trinajstić information content (AvgIpc) is 3.28. The van der Waals surface area contributed by atoms with Gasteiger partial charge in [-0.25, -0.2) is 8.42 Å². The van der Waals surface area contributed by atoms with Crippen LogP contribution >= 0.6 is 0 Å². The highest BCUT2D eigenvalue weighted by Gasteiger charge is 2.30. The summed E-state index contributed by atoms with van der Waals surface area (Å²) in [5.41, 5.74) is 1.91. The van der Waals surface area contributed by atoms with Crippen molar-refractivity contribution in [3.05, 3.63) is 71.5 Å². The van der Waals surface area contributed by atoms with E-state index in [-0.39, 0.29) is 16.3 Å². The zero-order valence-electron chi connectivity index (χ0n) is 14.5. The Morgan fingerprint density at radius 1 is 1.15 bits per heavy atom. The molecule has 0 radical (unpaired) electrons. The van der Waals surface area contributed by atoms with Gasteiger partial charge in [-0.3, -0.25) is 9.10 Å². The van der Waals surface area contributed by atoms with Crippen LogP contribution in [0, 0.1) is 6.92 Å². The number of anilines is 2. The van der Waals surface area contributed by atoms with E-state index in [4.69, 9.17) is 4.52 Å². The van der Waals surface area contributed by atoms with Crippen LogP contribution in [0.5, 0.6) is 0 Å². The Kier molecular flexibility index (Phi) is 4.19. The van der Waals surface area contributed by atoms with Gasteiger partial charge in [-0.15, -0.1) is 0 Å². The van der Waals surface area contributed by atoms with E-state index >= 15 is 0 Å². The normalized spacial score (nSPS) is 13.4. The van der Waals surface area contributed by atoms with Crippen molar-refractivity contribution in [2.24, 2.45) is 0 Å². The number of fused-ring (bicyclic) bond motifs is 1. The van der Waals surface area contributed by atoms with Crippen LogP contribution in [0.15, 0.2) is 64.0 Å². The van der Waals surface area contributed by atoms with Crippen LogP contribution in [0.1, 0.15) is 21.7 Å². The SMILES string of the molecule is Cc1cc(NC(=O)c2cccc(S(=O)(=O)N3CCc4ccccc43)c2)no1. The van der Waals surface area contributed by atoms with E-state index < -0.39 is 15.9 Å². The number of carbonyl (C=O) groups is 1. The van der Waals surface area contributed by atoms with Crippen LogP contribution in [0.3, 0.4) is 0 Å². The molecule has 0 unspecified atom stereocenters. The Morgan fingerprint density at radius 2 is 1.96 bits per heavy atom. The lowest BCUT2D eigenvalue weighted by atomic mass is 10.2. The fraction of sp³-hybridized carbons (Fsp3) is 0.158. The first kappa shape index (κ1) is 17.3. The number of aromatic nitrogens is 1. The Morgan fingerprint density at radius 3 is 2.74 bits per heavy atom. The second-order valence-electron chi connectivity index (χ2n) is 6.26. The van der Waals surface area contributed by atoms with E-state index in [1.165, 1.54) is 16.4 Å². The molecule has 0 fully saturated rings. The van der Waals surface area contributed by atoms with Crippen molar-refractivity contribution in [3.63, 3.8) is 0 Å². The summed E-state index contributed by atoms with van der Waals surface area (Å²) in [5.74, 6) is 0.385. The molecule has 0 saturated heterocycles. The summed E-state index contributed by atoms with van der Waals surface area (Å²) < 4.78 is 32.5. The van der Waals surface area contributed by atoms with Gasteiger partial charge in [0.05, 0.1) is 10.6 Å². The first-order valence-corrected chi connectivity index (χ1v) is 9.84.